The number of hydroxylamine groups is 1. The summed E-state index contributed by atoms with van der Waals surface area (Å²) in [5, 5.41) is 15.2. The molecule has 1 rings (SSSR count). The second kappa shape index (κ2) is 6.84. The number of carbonyl (C=O) groups excluding carboxylic acids is 1. The Balaban J connectivity index is 3.09. The standard InChI is InChI=1S/C13H18N2O4/c1-4-19-10-13(2,15(17)14-18-3)12(16)11-8-6-5-7-9-11/h5-9H,4,10H2,1-3H3/b15-14-. The lowest BCUT2D eigenvalue weighted by molar-refractivity contribution is -0.615. The van der Waals surface area contributed by atoms with Crippen LogP contribution in [0.5, 0.6) is 0 Å². The van der Waals surface area contributed by atoms with Crippen LogP contribution in [-0.4, -0.2) is 36.5 Å². The summed E-state index contributed by atoms with van der Waals surface area (Å²) >= 11 is 0. The van der Waals surface area contributed by atoms with Crippen molar-refractivity contribution in [2.45, 2.75) is 19.4 Å². The molecule has 6 heteroatoms. The highest BCUT2D eigenvalue weighted by Gasteiger charge is 2.45. The summed E-state index contributed by atoms with van der Waals surface area (Å²) in [4.78, 5) is 17.1. The van der Waals surface area contributed by atoms with Crippen molar-refractivity contribution >= 4 is 5.78 Å². The van der Waals surface area contributed by atoms with Crippen molar-refractivity contribution in [2.75, 3.05) is 20.3 Å². The lowest BCUT2D eigenvalue weighted by Crippen LogP contribution is -2.48. The summed E-state index contributed by atoms with van der Waals surface area (Å²) in [6, 6.07) is 8.55. The van der Waals surface area contributed by atoms with Gasteiger partial charge in [0, 0.05) is 19.1 Å². The van der Waals surface area contributed by atoms with Gasteiger partial charge in [-0.15, -0.1) is 0 Å². The molecular weight excluding hydrogens is 248 g/mol. The molecule has 19 heavy (non-hydrogen) atoms. The first-order valence-corrected chi connectivity index (χ1v) is 5.95. The van der Waals surface area contributed by atoms with Crippen LogP contribution in [0.1, 0.15) is 24.2 Å². The van der Waals surface area contributed by atoms with E-state index in [1.54, 1.807) is 37.3 Å². The van der Waals surface area contributed by atoms with Crippen LogP contribution >= 0.6 is 0 Å². The number of nitrogens with zero attached hydrogens (tertiary/aromatic N) is 2. The number of benzene rings is 1. The molecule has 0 spiro atoms. The zero-order valence-corrected chi connectivity index (χ0v) is 11.3. The van der Waals surface area contributed by atoms with Crippen LogP contribution in [0.25, 0.3) is 0 Å². The van der Waals surface area contributed by atoms with Crippen LogP contribution in [0, 0.1) is 5.21 Å². The summed E-state index contributed by atoms with van der Waals surface area (Å²) < 4.78 is 5.23. The van der Waals surface area contributed by atoms with E-state index in [2.05, 4.69) is 10.1 Å². The molecule has 0 saturated heterocycles. The fraction of sp³-hybridized carbons (Fsp3) is 0.462. The van der Waals surface area contributed by atoms with E-state index in [4.69, 9.17) is 4.74 Å². The Labute approximate surface area is 112 Å². The van der Waals surface area contributed by atoms with E-state index in [1.165, 1.54) is 14.0 Å². The first-order chi connectivity index (χ1) is 9.06. The molecular formula is C13H18N2O4. The first-order valence-electron chi connectivity index (χ1n) is 5.95. The van der Waals surface area contributed by atoms with Gasteiger partial charge in [-0.1, -0.05) is 30.3 Å². The van der Waals surface area contributed by atoms with Gasteiger partial charge < -0.3 is 14.8 Å². The van der Waals surface area contributed by atoms with E-state index in [-0.39, 0.29) is 17.3 Å². The van der Waals surface area contributed by atoms with Crippen molar-refractivity contribution < 1.29 is 19.2 Å². The molecule has 1 atom stereocenters. The van der Waals surface area contributed by atoms with Gasteiger partial charge in [0.2, 0.25) is 11.1 Å². The van der Waals surface area contributed by atoms with E-state index in [0.29, 0.717) is 12.2 Å². The number of hydrogen-bond donors (Lipinski definition) is 0. The normalized spacial score (nSPS) is 14.8. The van der Waals surface area contributed by atoms with Crippen molar-refractivity contribution in [1.29, 1.82) is 0 Å². The number of rotatable bonds is 7. The van der Waals surface area contributed by atoms with Gasteiger partial charge in [-0.25, -0.2) is 0 Å². The van der Waals surface area contributed by atoms with Crippen molar-refractivity contribution in [3.63, 3.8) is 0 Å². The number of Topliss-reactive ketones (excluding diaryl/α,β-unsaturated/α-hetero) is 1. The van der Waals surface area contributed by atoms with E-state index in [1.807, 2.05) is 0 Å². The maximum Gasteiger partial charge on any atom is 0.284 e. The van der Waals surface area contributed by atoms with Crippen molar-refractivity contribution in [2.24, 2.45) is 5.28 Å². The highest BCUT2D eigenvalue weighted by molar-refractivity contribution is 6.02. The molecule has 0 aromatic heterocycles. The molecule has 0 radical (unpaired) electrons. The molecule has 104 valence electrons. The predicted molar refractivity (Wildman–Crippen MR) is 68.7 cm³/mol. The SMILES string of the molecule is CCOCC(C)(C(=O)c1ccccc1)/[N+]([O-])=N/OC. The Bertz CT molecular complexity index is 447. The van der Waals surface area contributed by atoms with E-state index in [9.17, 15) is 10.0 Å². The quantitative estimate of drug-likeness (QED) is 0.328. The minimum Gasteiger partial charge on any atom is -0.596 e. The molecule has 0 bridgehead atoms. The van der Waals surface area contributed by atoms with Gasteiger partial charge in [-0.2, -0.15) is 0 Å². The summed E-state index contributed by atoms with van der Waals surface area (Å²) in [6.07, 6.45) is 0. The summed E-state index contributed by atoms with van der Waals surface area (Å²) in [5.74, 6) is -0.364. The molecule has 0 fully saturated rings. The monoisotopic (exact) mass is 266 g/mol. The minimum atomic E-state index is -1.45. The van der Waals surface area contributed by atoms with Gasteiger partial charge in [-0.3, -0.25) is 4.79 Å². The van der Waals surface area contributed by atoms with Gasteiger partial charge in [0.1, 0.15) is 13.7 Å². The highest BCUT2D eigenvalue weighted by Crippen LogP contribution is 2.18. The largest absolute Gasteiger partial charge is 0.596 e. The topological polar surface area (TPSA) is 74.0 Å². The Morgan fingerprint density at radius 2 is 2.05 bits per heavy atom. The van der Waals surface area contributed by atoms with Gasteiger partial charge >= 0.3 is 0 Å². The zero-order valence-electron chi connectivity index (χ0n) is 11.3. The summed E-state index contributed by atoms with van der Waals surface area (Å²) in [5.41, 5.74) is -1.02. The molecule has 0 aliphatic rings. The van der Waals surface area contributed by atoms with Gasteiger partial charge in [0.05, 0.1) is 0 Å². The lowest BCUT2D eigenvalue weighted by atomic mass is 9.92. The smallest absolute Gasteiger partial charge is 0.284 e. The Kier molecular flexibility index (Phi) is 5.44. The fourth-order valence-electron chi connectivity index (χ4n) is 1.57. The minimum absolute atomic E-state index is 0.0619. The van der Waals surface area contributed by atoms with Crippen LogP contribution in [0.2, 0.25) is 0 Å². The molecule has 0 aliphatic carbocycles. The Hall–Kier alpha value is -1.95. The first kappa shape index (κ1) is 15.1. The van der Waals surface area contributed by atoms with Crippen molar-refractivity contribution in [3.8, 4) is 0 Å². The number of carbonyl (C=O) groups is 1. The van der Waals surface area contributed by atoms with Crippen LogP contribution in [0.15, 0.2) is 35.6 Å². The molecule has 6 nitrogen and oxygen atoms in total. The lowest BCUT2D eigenvalue weighted by Gasteiger charge is -2.22. The molecule has 1 aromatic carbocycles. The van der Waals surface area contributed by atoms with Crippen LogP contribution in [-0.2, 0) is 9.57 Å². The van der Waals surface area contributed by atoms with Crippen molar-refractivity contribution in [1.82, 2.24) is 0 Å². The molecule has 1 aromatic rings. The summed E-state index contributed by atoms with van der Waals surface area (Å²) in [7, 11) is 1.25. The predicted octanol–water partition coefficient (Wildman–Crippen LogP) is 2.19. The number of ketones is 1. The molecule has 0 heterocycles. The van der Waals surface area contributed by atoms with E-state index in [0.717, 1.165) is 0 Å². The fourth-order valence-corrected chi connectivity index (χ4v) is 1.57. The average molecular weight is 266 g/mol. The molecule has 0 N–H and O–H groups in total. The molecule has 1 unspecified atom stereocenters. The van der Waals surface area contributed by atoms with Gasteiger partial charge in [0.15, 0.2) is 0 Å². The van der Waals surface area contributed by atoms with Gasteiger partial charge in [-0.05, 0) is 11.8 Å². The maximum absolute atomic E-state index is 12.5. The third-order valence-electron chi connectivity index (χ3n) is 2.69. The number of hydrogen-bond acceptors (Lipinski definition) is 5. The zero-order chi connectivity index (χ0) is 14.3. The second-order valence-corrected chi connectivity index (χ2v) is 4.14. The van der Waals surface area contributed by atoms with Crippen molar-refractivity contribution in [3.05, 3.63) is 41.1 Å². The third kappa shape index (κ3) is 3.51. The maximum atomic E-state index is 12.5. The van der Waals surface area contributed by atoms with Crippen LogP contribution in [0.4, 0.5) is 0 Å². The Morgan fingerprint density at radius 3 is 2.58 bits per heavy atom. The third-order valence-corrected chi connectivity index (χ3v) is 2.69. The second-order valence-electron chi connectivity index (χ2n) is 4.14. The van der Waals surface area contributed by atoms with Gasteiger partial charge in [0.25, 0.3) is 5.54 Å². The van der Waals surface area contributed by atoms with Crippen LogP contribution < -0.4 is 0 Å². The Morgan fingerprint density at radius 1 is 1.42 bits per heavy atom. The molecule has 0 aliphatic heterocycles. The molecule has 0 saturated carbocycles. The van der Waals surface area contributed by atoms with E-state index < -0.39 is 5.54 Å². The average Bonchev–Trinajstić information content (AvgIpc) is 2.45. The number of ether oxygens (including phenoxy) is 1. The van der Waals surface area contributed by atoms with E-state index >= 15 is 0 Å². The van der Waals surface area contributed by atoms with Crippen LogP contribution in [0.3, 0.4) is 0 Å². The highest BCUT2D eigenvalue weighted by atomic mass is 16.7. The summed E-state index contributed by atoms with van der Waals surface area (Å²) in [6.45, 7) is 3.61. The molecule has 0 amide bonds.